The third-order valence-corrected chi connectivity index (χ3v) is 7.92. The third kappa shape index (κ3) is 7.73. The van der Waals surface area contributed by atoms with Crippen LogP contribution in [0.15, 0.2) is 42.5 Å². The van der Waals surface area contributed by atoms with Crippen molar-refractivity contribution in [3.8, 4) is 0 Å². The highest BCUT2D eigenvalue weighted by Crippen LogP contribution is 2.27. The van der Waals surface area contributed by atoms with Crippen LogP contribution in [0, 0.1) is 3.57 Å². The lowest BCUT2D eigenvalue weighted by Gasteiger charge is -2.32. The molecule has 0 radical (unpaired) electrons. The molecule has 0 fully saturated rings. The Bertz CT molecular complexity index is 1110. The van der Waals surface area contributed by atoms with Gasteiger partial charge >= 0.3 is 0 Å². The number of nitrogens with zero attached hydrogens (tertiary/aromatic N) is 2. The topological polar surface area (TPSA) is 86.8 Å². The molecule has 34 heavy (non-hydrogen) atoms. The molecule has 2 aromatic rings. The summed E-state index contributed by atoms with van der Waals surface area (Å²) >= 11 is 14.8. The lowest BCUT2D eigenvalue weighted by atomic mass is 10.1. The van der Waals surface area contributed by atoms with Crippen molar-refractivity contribution < 1.29 is 18.0 Å². The largest absolute Gasteiger partial charge is 0.352 e. The van der Waals surface area contributed by atoms with Gasteiger partial charge in [-0.1, -0.05) is 36.2 Å². The fourth-order valence-electron chi connectivity index (χ4n) is 3.12. The van der Waals surface area contributed by atoms with Gasteiger partial charge in [0.25, 0.3) is 0 Å². The molecule has 186 valence electrons. The molecular formula is C23H28Cl2IN3O4S. The van der Waals surface area contributed by atoms with Gasteiger partial charge in [-0.15, -0.1) is 0 Å². The van der Waals surface area contributed by atoms with Crippen molar-refractivity contribution in [3.63, 3.8) is 0 Å². The highest BCUT2D eigenvalue weighted by molar-refractivity contribution is 14.1. The predicted octanol–water partition coefficient (Wildman–Crippen LogP) is 4.70. The van der Waals surface area contributed by atoms with Crippen molar-refractivity contribution in [2.24, 2.45) is 0 Å². The van der Waals surface area contributed by atoms with E-state index in [1.54, 1.807) is 49.4 Å². The highest BCUT2D eigenvalue weighted by Gasteiger charge is 2.31. The van der Waals surface area contributed by atoms with Gasteiger partial charge in [0.05, 0.1) is 11.9 Å². The van der Waals surface area contributed by atoms with Crippen LogP contribution in [-0.4, -0.2) is 50.0 Å². The smallest absolute Gasteiger partial charge is 0.244 e. The zero-order chi connectivity index (χ0) is 25.6. The molecule has 0 saturated carbocycles. The average Bonchev–Trinajstić information content (AvgIpc) is 2.76. The molecule has 2 amide bonds. The lowest BCUT2D eigenvalue weighted by molar-refractivity contribution is -0.139. The van der Waals surface area contributed by atoms with E-state index in [0.29, 0.717) is 21.3 Å². The standard InChI is InChI=1S/C23H28Cl2IN3O4S/c1-5-15(2)27-23(31)16(3)28(13-19-20(24)7-6-8-21(19)25)22(30)14-29(34(4,32)33)18-11-9-17(26)10-12-18/h6-12,15-16H,5,13-14H2,1-4H3,(H,27,31). The van der Waals surface area contributed by atoms with Crippen LogP contribution in [0.5, 0.6) is 0 Å². The Labute approximate surface area is 225 Å². The molecule has 7 nitrogen and oxygen atoms in total. The maximum Gasteiger partial charge on any atom is 0.244 e. The average molecular weight is 640 g/mol. The number of benzene rings is 2. The molecule has 11 heteroatoms. The maximum absolute atomic E-state index is 13.5. The number of sulfonamides is 1. The number of carbonyl (C=O) groups is 2. The Kier molecular flexibility index (Phi) is 10.5. The minimum absolute atomic E-state index is 0.0588. The number of hydrogen-bond acceptors (Lipinski definition) is 4. The van der Waals surface area contributed by atoms with Crippen LogP contribution < -0.4 is 9.62 Å². The monoisotopic (exact) mass is 639 g/mol. The van der Waals surface area contributed by atoms with Gasteiger partial charge in [-0.3, -0.25) is 13.9 Å². The van der Waals surface area contributed by atoms with Gasteiger partial charge in [0, 0.05) is 31.8 Å². The van der Waals surface area contributed by atoms with E-state index >= 15 is 0 Å². The lowest BCUT2D eigenvalue weighted by Crippen LogP contribution is -2.52. The quantitative estimate of drug-likeness (QED) is 0.382. The SMILES string of the molecule is CCC(C)NC(=O)C(C)N(Cc1c(Cl)cccc1Cl)C(=O)CN(c1ccc(I)cc1)S(C)(=O)=O. The van der Waals surface area contributed by atoms with Gasteiger partial charge in [-0.05, 0) is 79.3 Å². The van der Waals surface area contributed by atoms with Gasteiger partial charge in [-0.25, -0.2) is 8.42 Å². The first-order valence-corrected chi connectivity index (χ1v) is 14.3. The second-order valence-corrected chi connectivity index (χ2v) is 11.9. The minimum atomic E-state index is -3.79. The van der Waals surface area contributed by atoms with Gasteiger partial charge in [0.2, 0.25) is 21.8 Å². The minimum Gasteiger partial charge on any atom is -0.352 e. The summed E-state index contributed by atoms with van der Waals surface area (Å²) in [6.45, 7) is 4.85. The molecule has 2 aromatic carbocycles. The zero-order valence-electron chi connectivity index (χ0n) is 19.4. The van der Waals surface area contributed by atoms with Crippen LogP contribution in [0.25, 0.3) is 0 Å². The summed E-state index contributed by atoms with van der Waals surface area (Å²) in [7, 11) is -3.79. The van der Waals surface area contributed by atoms with Crippen LogP contribution in [0.1, 0.15) is 32.8 Å². The van der Waals surface area contributed by atoms with Crippen molar-refractivity contribution >= 4 is 73.3 Å². The summed E-state index contributed by atoms with van der Waals surface area (Å²) < 4.78 is 27.1. The number of rotatable bonds is 10. The summed E-state index contributed by atoms with van der Waals surface area (Å²) in [6, 6.07) is 10.7. The van der Waals surface area contributed by atoms with Crippen molar-refractivity contribution in [1.82, 2.24) is 10.2 Å². The Balaban J connectivity index is 2.43. The number of hydrogen-bond donors (Lipinski definition) is 1. The number of nitrogens with one attached hydrogen (secondary N) is 1. The van der Waals surface area contributed by atoms with E-state index in [9.17, 15) is 18.0 Å². The number of halogens is 3. The van der Waals surface area contributed by atoms with Crippen LogP contribution in [-0.2, 0) is 26.2 Å². The molecule has 0 spiro atoms. The van der Waals surface area contributed by atoms with E-state index in [4.69, 9.17) is 23.2 Å². The highest BCUT2D eigenvalue weighted by atomic mass is 127. The molecule has 0 aliphatic carbocycles. The van der Waals surface area contributed by atoms with E-state index in [1.165, 1.54) is 4.90 Å². The first-order valence-electron chi connectivity index (χ1n) is 10.6. The van der Waals surface area contributed by atoms with E-state index in [0.717, 1.165) is 20.6 Å². The van der Waals surface area contributed by atoms with Gasteiger partial charge in [-0.2, -0.15) is 0 Å². The summed E-state index contributed by atoms with van der Waals surface area (Å²) in [5.41, 5.74) is 0.825. The fourth-order valence-corrected chi connectivity index (χ4v) is 4.85. The third-order valence-electron chi connectivity index (χ3n) is 5.35. The molecule has 0 aliphatic heterocycles. The normalized spacial score (nSPS) is 13.1. The molecule has 0 aliphatic rings. The van der Waals surface area contributed by atoms with Crippen LogP contribution in [0.4, 0.5) is 5.69 Å². The van der Waals surface area contributed by atoms with Gasteiger partial charge in [0.1, 0.15) is 12.6 Å². The van der Waals surface area contributed by atoms with Gasteiger partial charge in [0.15, 0.2) is 0 Å². The Morgan fingerprint density at radius 2 is 1.62 bits per heavy atom. The van der Waals surface area contributed by atoms with Crippen molar-refractivity contribution in [2.45, 2.75) is 45.8 Å². The molecule has 1 N–H and O–H groups in total. The molecule has 0 heterocycles. The summed E-state index contributed by atoms with van der Waals surface area (Å²) in [6.07, 6.45) is 1.75. The van der Waals surface area contributed by atoms with E-state index in [1.807, 2.05) is 13.8 Å². The molecule has 0 aromatic heterocycles. The maximum atomic E-state index is 13.5. The Hall–Kier alpha value is -1.56. The second-order valence-electron chi connectivity index (χ2n) is 7.96. The summed E-state index contributed by atoms with van der Waals surface area (Å²) in [5.74, 6) is -0.919. The summed E-state index contributed by atoms with van der Waals surface area (Å²) in [4.78, 5) is 27.7. The second kappa shape index (κ2) is 12.4. The number of carbonyl (C=O) groups excluding carboxylic acids is 2. The molecule has 2 unspecified atom stereocenters. The van der Waals surface area contributed by atoms with Crippen molar-refractivity contribution in [1.29, 1.82) is 0 Å². The van der Waals surface area contributed by atoms with Crippen molar-refractivity contribution in [3.05, 3.63) is 61.6 Å². The Morgan fingerprint density at radius 3 is 2.12 bits per heavy atom. The van der Waals surface area contributed by atoms with Crippen LogP contribution >= 0.6 is 45.8 Å². The number of amides is 2. The summed E-state index contributed by atoms with van der Waals surface area (Å²) in [5, 5.41) is 3.56. The molecule has 2 atom stereocenters. The molecule has 2 rings (SSSR count). The Morgan fingerprint density at radius 1 is 1.06 bits per heavy atom. The number of anilines is 1. The fraction of sp³-hybridized carbons (Fsp3) is 0.391. The molecule has 0 bridgehead atoms. The van der Waals surface area contributed by atoms with Gasteiger partial charge < -0.3 is 10.2 Å². The molecular weight excluding hydrogens is 612 g/mol. The zero-order valence-corrected chi connectivity index (χ0v) is 23.9. The van der Waals surface area contributed by atoms with E-state index < -0.39 is 28.5 Å². The van der Waals surface area contributed by atoms with Crippen LogP contribution in [0.2, 0.25) is 10.0 Å². The van der Waals surface area contributed by atoms with E-state index in [2.05, 4.69) is 27.9 Å². The van der Waals surface area contributed by atoms with E-state index in [-0.39, 0.29) is 18.5 Å². The predicted molar refractivity (Wildman–Crippen MR) is 146 cm³/mol. The van der Waals surface area contributed by atoms with Crippen LogP contribution in [0.3, 0.4) is 0 Å². The molecule has 0 saturated heterocycles. The first kappa shape index (κ1) is 28.7. The van der Waals surface area contributed by atoms with Crippen molar-refractivity contribution in [2.75, 3.05) is 17.1 Å². The first-order chi connectivity index (χ1) is 15.8.